The number of hydrogen-bond acceptors (Lipinski definition) is 1. The Bertz CT molecular complexity index is 5130. The molecule has 15 aromatic rings. The first-order valence-corrected chi connectivity index (χ1v) is 27.7. The van der Waals surface area contributed by atoms with Crippen molar-refractivity contribution in [3.05, 3.63) is 287 Å². The minimum Gasteiger partial charge on any atom is -0.354 e. The van der Waals surface area contributed by atoms with E-state index in [9.17, 15) is 0 Å². The van der Waals surface area contributed by atoms with Crippen molar-refractivity contribution >= 4 is 75.1 Å². The van der Waals surface area contributed by atoms with Gasteiger partial charge in [0.05, 0.1) is 21.9 Å². The summed E-state index contributed by atoms with van der Waals surface area (Å²) in [7, 11) is 0. The zero-order chi connectivity index (χ0) is 49.9. The van der Waals surface area contributed by atoms with Gasteiger partial charge in [-0.1, -0.05) is 206 Å². The first-order valence-electron chi connectivity index (χ1n) is 26.9. The molecule has 0 fully saturated rings. The van der Waals surface area contributed by atoms with Crippen LogP contribution < -0.4 is 0 Å². The van der Waals surface area contributed by atoms with Gasteiger partial charge in [0.1, 0.15) is 0 Å². The van der Waals surface area contributed by atoms with Crippen LogP contribution in [0, 0.1) is 0 Å². The summed E-state index contributed by atoms with van der Waals surface area (Å²) in [5, 5.41) is 7.68. The molecule has 0 bridgehead atoms. The highest BCUT2D eigenvalue weighted by Gasteiger charge is 2.54. The number of nitrogens with one attached hydrogen (secondary N) is 2. The van der Waals surface area contributed by atoms with Crippen molar-refractivity contribution in [2.24, 2.45) is 0 Å². The monoisotopic (exact) mass is 990 g/mol. The van der Waals surface area contributed by atoms with E-state index in [0.29, 0.717) is 0 Å². The number of hydrogen-bond donors (Lipinski definition) is 2. The lowest BCUT2D eigenvalue weighted by atomic mass is 9.70. The molecule has 0 radical (unpaired) electrons. The Morgan fingerprint density at radius 1 is 0.247 bits per heavy atom. The predicted octanol–water partition coefficient (Wildman–Crippen LogP) is 19.3. The normalized spacial score (nSPS) is 15.7. The molecule has 0 saturated carbocycles. The van der Waals surface area contributed by atoms with Gasteiger partial charge in [-0.25, -0.2) is 0 Å². The number of rotatable bonds is 2. The fourth-order valence-electron chi connectivity index (χ4n) is 15.6. The van der Waals surface area contributed by atoms with E-state index in [4.69, 9.17) is 0 Å². The Balaban J connectivity index is 0.744. The Labute approximate surface area is 447 Å². The molecule has 77 heavy (non-hydrogen) atoms. The van der Waals surface area contributed by atoms with E-state index in [1.54, 1.807) is 0 Å². The summed E-state index contributed by atoms with van der Waals surface area (Å²) in [4.78, 5) is 7.99. The quantitative estimate of drug-likeness (QED) is 0.173. The molecule has 3 heterocycles. The van der Waals surface area contributed by atoms with Crippen LogP contribution in [0.3, 0.4) is 0 Å². The largest absolute Gasteiger partial charge is 0.354 e. The smallest absolute Gasteiger partial charge is 0.0726 e. The lowest BCUT2D eigenvalue weighted by Gasteiger charge is -2.30. The summed E-state index contributed by atoms with van der Waals surface area (Å²) in [6.45, 7) is 0. The molecule has 4 aliphatic rings. The average molecular weight is 991 g/mol. The van der Waals surface area contributed by atoms with Gasteiger partial charge in [0.25, 0.3) is 0 Å². The second-order valence-electron chi connectivity index (χ2n) is 21.9. The highest BCUT2D eigenvalue weighted by Crippen LogP contribution is 2.66. The van der Waals surface area contributed by atoms with Crippen LogP contribution in [0.2, 0.25) is 0 Å². The minimum atomic E-state index is -0.447. The SMILES string of the molecule is c1ccc(-c2ccc3[nH]c4c5c(ccc4c3c2)C2(c3ccccc3-c3cc(-c4ccc6c(c4)sc4cc7[nH]c8c9c(ccc8c7cc46)C4(c6ccccc6-c6ccccc64)c4ccccc4-9)ccc32)c2ccccc2-5)cc1. The van der Waals surface area contributed by atoms with Crippen molar-refractivity contribution < 1.29 is 0 Å². The van der Waals surface area contributed by atoms with Crippen molar-refractivity contribution in [2.75, 3.05) is 0 Å². The van der Waals surface area contributed by atoms with Crippen molar-refractivity contribution in [2.45, 2.75) is 10.8 Å². The fraction of sp³-hybridized carbons (Fsp3) is 0.0270. The van der Waals surface area contributed by atoms with Gasteiger partial charge in [-0.15, -0.1) is 11.3 Å². The van der Waals surface area contributed by atoms with Crippen LogP contribution in [-0.4, -0.2) is 9.97 Å². The molecule has 0 saturated heterocycles. The molecule has 3 aromatic heterocycles. The van der Waals surface area contributed by atoms with Gasteiger partial charge in [-0.05, 0) is 137 Å². The summed E-state index contributed by atoms with van der Waals surface area (Å²) in [6, 6.07) is 92.2. The Morgan fingerprint density at radius 3 is 1.30 bits per heavy atom. The lowest BCUT2D eigenvalue weighted by molar-refractivity contribution is 0.794. The molecule has 2 nitrogen and oxygen atoms in total. The zero-order valence-electron chi connectivity index (χ0n) is 41.5. The lowest BCUT2D eigenvalue weighted by Crippen LogP contribution is -2.25. The van der Waals surface area contributed by atoms with Crippen molar-refractivity contribution in [3.8, 4) is 66.8 Å². The summed E-state index contributed by atoms with van der Waals surface area (Å²) < 4.78 is 2.60. The summed E-state index contributed by atoms with van der Waals surface area (Å²) in [6.07, 6.45) is 0. The molecule has 0 amide bonds. The first-order chi connectivity index (χ1) is 38.2. The standard InChI is InChI=1S/C74H42N2S/c1-2-14-41(15-3-1)42-28-35-65-54(37-42)49-30-33-64-69(71(49)75-65)52-20-8-13-25-61(52)74(64)59-23-11-6-18-47(59)53-36-43(27-32-62(53)74)44-26-29-48-56-39-55-50-31-34-63-70(72(50)76-66(55)40-68(56)77-67(48)38-44)51-19-7-12-24-60(51)73(63)57-21-9-4-16-45(57)46-17-5-10-22-58(46)73/h1-40,75-76H. The molecule has 1 atom stereocenters. The minimum absolute atomic E-state index is 0.365. The molecule has 2 N–H and O–H groups in total. The van der Waals surface area contributed by atoms with Gasteiger partial charge in [-0.3, -0.25) is 0 Å². The number of thiophene rings is 1. The van der Waals surface area contributed by atoms with Crippen molar-refractivity contribution in [3.63, 3.8) is 0 Å². The second kappa shape index (κ2) is 14.2. The van der Waals surface area contributed by atoms with Crippen LogP contribution in [0.15, 0.2) is 243 Å². The highest BCUT2D eigenvalue weighted by atomic mass is 32.1. The van der Waals surface area contributed by atoms with Crippen LogP contribution >= 0.6 is 11.3 Å². The summed E-state index contributed by atoms with van der Waals surface area (Å²) in [5.74, 6) is 0. The summed E-state index contributed by atoms with van der Waals surface area (Å²) in [5.41, 5.74) is 30.3. The van der Waals surface area contributed by atoms with E-state index in [1.807, 2.05) is 11.3 Å². The predicted molar refractivity (Wildman–Crippen MR) is 322 cm³/mol. The number of aromatic amines is 2. The number of H-pyrrole nitrogens is 2. The van der Waals surface area contributed by atoms with E-state index in [-0.39, 0.29) is 5.41 Å². The maximum absolute atomic E-state index is 4.04. The molecular formula is C74H42N2S. The molecule has 3 heteroatoms. The van der Waals surface area contributed by atoms with Gasteiger partial charge >= 0.3 is 0 Å². The molecule has 1 unspecified atom stereocenters. The third-order valence-electron chi connectivity index (χ3n) is 18.6. The molecule has 4 aliphatic carbocycles. The fourth-order valence-corrected chi connectivity index (χ4v) is 16.8. The molecular weight excluding hydrogens is 949 g/mol. The second-order valence-corrected chi connectivity index (χ2v) is 23.0. The van der Waals surface area contributed by atoms with Gasteiger partial charge in [0.15, 0.2) is 0 Å². The van der Waals surface area contributed by atoms with E-state index in [2.05, 4.69) is 253 Å². The Kier molecular flexibility index (Phi) is 7.54. The van der Waals surface area contributed by atoms with Crippen LogP contribution in [0.5, 0.6) is 0 Å². The first kappa shape index (κ1) is 40.8. The third kappa shape index (κ3) is 4.86. The van der Waals surface area contributed by atoms with E-state index >= 15 is 0 Å². The average Bonchev–Trinajstić information content (AvgIpc) is 4.52. The van der Waals surface area contributed by atoms with Crippen LogP contribution in [0.4, 0.5) is 0 Å². The Hall–Kier alpha value is -9.54. The molecule has 2 spiro atoms. The van der Waals surface area contributed by atoms with Crippen LogP contribution in [0.25, 0.3) is 131 Å². The number of aromatic nitrogens is 2. The van der Waals surface area contributed by atoms with Gasteiger partial charge in [-0.2, -0.15) is 0 Å². The molecule has 12 aromatic carbocycles. The third-order valence-corrected chi connectivity index (χ3v) is 19.7. The molecule has 19 rings (SSSR count). The topological polar surface area (TPSA) is 31.6 Å². The van der Waals surface area contributed by atoms with Crippen molar-refractivity contribution in [1.82, 2.24) is 9.97 Å². The van der Waals surface area contributed by atoms with Crippen LogP contribution in [-0.2, 0) is 10.8 Å². The van der Waals surface area contributed by atoms with E-state index < -0.39 is 5.41 Å². The molecule has 0 aliphatic heterocycles. The van der Waals surface area contributed by atoms with Gasteiger partial charge in [0, 0.05) is 63.9 Å². The molecule has 354 valence electrons. The zero-order valence-corrected chi connectivity index (χ0v) is 42.3. The highest BCUT2D eigenvalue weighted by molar-refractivity contribution is 7.26. The Morgan fingerprint density at radius 2 is 0.675 bits per heavy atom. The van der Waals surface area contributed by atoms with Gasteiger partial charge < -0.3 is 9.97 Å². The maximum atomic E-state index is 4.04. The van der Waals surface area contributed by atoms with Gasteiger partial charge in [0.2, 0.25) is 0 Å². The van der Waals surface area contributed by atoms with Crippen molar-refractivity contribution in [1.29, 1.82) is 0 Å². The number of fused-ring (bicyclic) bond motifs is 31. The maximum Gasteiger partial charge on any atom is 0.0726 e. The number of benzene rings is 12. The van der Waals surface area contributed by atoms with E-state index in [1.165, 1.54) is 170 Å². The van der Waals surface area contributed by atoms with E-state index in [0.717, 1.165) is 5.52 Å². The summed E-state index contributed by atoms with van der Waals surface area (Å²) >= 11 is 1.90. The van der Waals surface area contributed by atoms with Crippen LogP contribution in [0.1, 0.15) is 44.5 Å².